The maximum absolute atomic E-state index is 12.2. The van der Waals surface area contributed by atoms with E-state index in [9.17, 15) is 4.79 Å². The van der Waals surface area contributed by atoms with E-state index in [-0.39, 0.29) is 6.09 Å². The van der Waals surface area contributed by atoms with Crippen LogP contribution in [0.2, 0.25) is 0 Å². The molecule has 1 saturated carbocycles. The van der Waals surface area contributed by atoms with Crippen molar-refractivity contribution in [1.82, 2.24) is 9.88 Å². The Bertz CT molecular complexity index is 615. The van der Waals surface area contributed by atoms with Gasteiger partial charge < -0.3 is 19.3 Å². The molecule has 1 aromatic rings. The van der Waals surface area contributed by atoms with Gasteiger partial charge in [-0.25, -0.2) is 4.79 Å². The zero-order valence-electron chi connectivity index (χ0n) is 16.9. The zero-order chi connectivity index (χ0) is 19.3. The van der Waals surface area contributed by atoms with Crippen molar-refractivity contribution in [2.24, 2.45) is 5.92 Å². The molecule has 0 aromatic carbocycles. The summed E-state index contributed by atoms with van der Waals surface area (Å²) in [7, 11) is 0. The summed E-state index contributed by atoms with van der Waals surface area (Å²) in [4.78, 5) is 20.8. The molecule has 2 aliphatic rings. The number of hydrogen-bond acceptors (Lipinski definition) is 5. The van der Waals surface area contributed by atoms with Crippen LogP contribution in [0.4, 0.5) is 10.6 Å². The van der Waals surface area contributed by atoms with Gasteiger partial charge in [-0.2, -0.15) is 4.98 Å². The molecule has 0 radical (unpaired) electrons. The van der Waals surface area contributed by atoms with E-state index in [0.29, 0.717) is 24.9 Å². The van der Waals surface area contributed by atoms with E-state index in [2.05, 4.69) is 9.88 Å². The van der Waals surface area contributed by atoms with Crippen molar-refractivity contribution in [3.63, 3.8) is 0 Å². The van der Waals surface area contributed by atoms with Gasteiger partial charge >= 0.3 is 6.09 Å². The van der Waals surface area contributed by atoms with E-state index < -0.39 is 5.60 Å². The van der Waals surface area contributed by atoms with Crippen LogP contribution >= 0.6 is 0 Å². The summed E-state index contributed by atoms with van der Waals surface area (Å²) in [5.74, 6) is 2.29. The van der Waals surface area contributed by atoms with Crippen LogP contribution in [0.3, 0.4) is 0 Å². The number of carbonyl (C=O) groups excluding carboxylic acids is 1. The first-order valence-electron chi connectivity index (χ1n) is 10.2. The molecule has 27 heavy (non-hydrogen) atoms. The fraction of sp³-hybridized carbons (Fsp3) is 0.714. The van der Waals surface area contributed by atoms with Crippen LogP contribution in [0.5, 0.6) is 5.88 Å². The topological polar surface area (TPSA) is 54.9 Å². The van der Waals surface area contributed by atoms with Gasteiger partial charge in [-0.3, -0.25) is 0 Å². The highest BCUT2D eigenvalue weighted by atomic mass is 16.6. The van der Waals surface area contributed by atoms with Crippen molar-refractivity contribution >= 4 is 11.9 Å². The minimum atomic E-state index is -0.459. The van der Waals surface area contributed by atoms with Gasteiger partial charge in [0.05, 0.1) is 6.61 Å². The van der Waals surface area contributed by atoms with Crippen molar-refractivity contribution in [2.75, 3.05) is 37.7 Å². The molecule has 1 saturated heterocycles. The molecule has 0 spiro atoms. The molecule has 0 atom stereocenters. The lowest BCUT2D eigenvalue weighted by Crippen LogP contribution is -2.50. The number of ether oxygens (including phenoxy) is 2. The molecule has 0 bridgehead atoms. The third-order valence-corrected chi connectivity index (χ3v) is 5.16. The average Bonchev–Trinajstić information content (AvgIpc) is 2.66. The fourth-order valence-electron chi connectivity index (χ4n) is 3.66. The number of hydrogen-bond donors (Lipinski definition) is 0. The van der Waals surface area contributed by atoms with Crippen LogP contribution in [0.15, 0.2) is 18.2 Å². The summed E-state index contributed by atoms with van der Waals surface area (Å²) >= 11 is 0. The van der Waals surface area contributed by atoms with Crippen LogP contribution in [0, 0.1) is 5.92 Å². The number of carbonyl (C=O) groups is 1. The predicted octanol–water partition coefficient (Wildman–Crippen LogP) is 4.10. The monoisotopic (exact) mass is 375 g/mol. The predicted molar refractivity (Wildman–Crippen MR) is 106 cm³/mol. The lowest BCUT2D eigenvalue weighted by atomic mass is 9.90. The first kappa shape index (κ1) is 19.8. The Morgan fingerprint density at radius 3 is 2.48 bits per heavy atom. The molecule has 2 heterocycles. The smallest absolute Gasteiger partial charge is 0.410 e. The Balaban J connectivity index is 1.50. The van der Waals surface area contributed by atoms with Gasteiger partial charge in [-0.05, 0) is 45.6 Å². The van der Waals surface area contributed by atoms with E-state index >= 15 is 0 Å². The molecular formula is C21H33N3O3. The molecule has 1 aliphatic heterocycles. The summed E-state index contributed by atoms with van der Waals surface area (Å²) in [6.45, 7) is 9.23. The summed E-state index contributed by atoms with van der Waals surface area (Å²) in [5.41, 5.74) is -0.459. The Hall–Kier alpha value is -1.98. The van der Waals surface area contributed by atoms with Crippen molar-refractivity contribution in [3.05, 3.63) is 18.2 Å². The van der Waals surface area contributed by atoms with Gasteiger partial charge in [0.15, 0.2) is 0 Å². The molecule has 150 valence electrons. The summed E-state index contributed by atoms with van der Waals surface area (Å²) in [6, 6.07) is 5.94. The van der Waals surface area contributed by atoms with Crippen LogP contribution in [-0.4, -0.2) is 54.4 Å². The summed E-state index contributed by atoms with van der Waals surface area (Å²) in [5, 5.41) is 0. The summed E-state index contributed by atoms with van der Waals surface area (Å²) < 4.78 is 11.4. The SMILES string of the molecule is CC(C)(C)OC(=O)N1CCN(c2cccc(OCC3CCCCC3)n2)CC1. The molecule has 3 rings (SSSR count). The third kappa shape index (κ3) is 6.01. The molecule has 1 aliphatic carbocycles. The number of pyridine rings is 1. The minimum Gasteiger partial charge on any atom is -0.477 e. The first-order valence-corrected chi connectivity index (χ1v) is 10.2. The van der Waals surface area contributed by atoms with Crippen LogP contribution < -0.4 is 9.64 Å². The van der Waals surface area contributed by atoms with Gasteiger partial charge in [-0.1, -0.05) is 25.3 Å². The van der Waals surface area contributed by atoms with Crippen molar-refractivity contribution in [1.29, 1.82) is 0 Å². The van der Waals surface area contributed by atoms with Gasteiger partial charge in [0, 0.05) is 32.2 Å². The molecule has 0 N–H and O–H groups in total. The second kappa shape index (κ2) is 8.81. The Kier molecular flexibility index (Phi) is 6.45. The van der Waals surface area contributed by atoms with Gasteiger partial charge in [0.2, 0.25) is 5.88 Å². The largest absolute Gasteiger partial charge is 0.477 e. The number of aromatic nitrogens is 1. The number of anilines is 1. The molecule has 1 aromatic heterocycles. The molecular weight excluding hydrogens is 342 g/mol. The molecule has 2 fully saturated rings. The molecule has 6 nitrogen and oxygen atoms in total. The highest BCUT2D eigenvalue weighted by molar-refractivity contribution is 5.68. The van der Waals surface area contributed by atoms with E-state index in [0.717, 1.165) is 25.5 Å². The van der Waals surface area contributed by atoms with Crippen molar-refractivity contribution in [2.45, 2.75) is 58.5 Å². The molecule has 1 amide bonds. The second-order valence-electron chi connectivity index (χ2n) is 8.60. The van der Waals surface area contributed by atoms with Gasteiger partial charge in [0.25, 0.3) is 0 Å². The van der Waals surface area contributed by atoms with E-state index in [1.807, 2.05) is 39.0 Å². The average molecular weight is 376 g/mol. The Morgan fingerprint density at radius 1 is 1.11 bits per heavy atom. The number of amides is 1. The maximum atomic E-state index is 12.2. The van der Waals surface area contributed by atoms with E-state index in [1.165, 1.54) is 32.1 Å². The highest BCUT2D eigenvalue weighted by Crippen LogP contribution is 2.25. The van der Waals surface area contributed by atoms with Gasteiger partial charge in [0.1, 0.15) is 11.4 Å². The Morgan fingerprint density at radius 2 is 1.81 bits per heavy atom. The highest BCUT2D eigenvalue weighted by Gasteiger charge is 2.26. The lowest BCUT2D eigenvalue weighted by molar-refractivity contribution is 0.0240. The van der Waals surface area contributed by atoms with E-state index in [4.69, 9.17) is 9.47 Å². The number of nitrogens with zero attached hydrogens (tertiary/aromatic N) is 3. The number of rotatable bonds is 4. The fourth-order valence-corrected chi connectivity index (χ4v) is 3.66. The van der Waals surface area contributed by atoms with Crippen LogP contribution in [0.25, 0.3) is 0 Å². The van der Waals surface area contributed by atoms with Crippen molar-refractivity contribution < 1.29 is 14.3 Å². The maximum Gasteiger partial charge on any atom is 0.410 e. The summed E-state index contributed by atoms with van der Waals surface area (Å²) in [6.07, 6.45) is 6.31. The normalized spacial score (nSPS) is 19.1. The van der Waals surface area contributed by atoms with Crippen LogP contribution in [0.1, 0.15) is 52.9 Å². The van der Waals surface area contributed by atoms with Crippen molar-refractivity contribution in [3.8, 4) is 5.88 Å². The minimum absolute atomic E-state index is 0.236. The first-order chi connectivity index (χ1) is 12.9. The molecule has 0 unspecified atom stereocenters. The number of piperazine rings is 1. The Labute approximate surface area is 162 Å². The zero-order valence-corrected chi connectivity index (χ0v) is 16.9. The second-order valence-corrected chi connectivity index (χ2v) is 8.60. The standard InChI is InChI=1S/C21H33N3O3/c1-21(2,3)27-20(25)24-14-12-23(13-15-24)18-10-7-11-19(22-18)26-16-17-8-5-4-6-9-17/h7,10-11,17H,4-6,8-9,12-16H2,1-3H3. The quantitative estimate of drug-likeness (QED) is 0.793. The third-order valence-electron chi connectivity index (χ3n) is 5.16. The van der Waals surface area contributed by atoms with Gasteiger partial charge in [-0.15, -0.1) is 0 Å². The molecule has 6 heteroatoms. The van der Waals surface area contributed by atoms with Crippen LogP contribution in [-0.2, 0) is 4.74 Å². The lowest BCUT2D eigenvalue weighted by Gasteiger charge is -2.36. The van der Waals surface area contributed by atoms with E-state index in [1.54, 1.807) is 4.90 Å².